The lowest BCUT2D eigenvalue weighted by atomic mass is 10.0. The Kier molecular flexibility index (Phi) is 7.24. The van der Waals surface area contributed by atoms with Gasteiger partial charge in [0.05, 0.1) is 11.6 Å². The summed E-state index contributed by atoms with van der Waals surface area (Å²) < 4.78 is 67.7. The summed E-state index contributed by atoms with van der Waals surface area (Å²) in [7, 11) is 0. The zero-order valence-corrected chi connectivity index (χ0v) is 21.1. The van der Waals surface area contributed by atoms with Gasteiger partial charge < -0.3 is 15.5 Å². The van der Waals surface area contributed by atoms with Crippen LogP contribution in [-0.4, -0.2) is 40.2 Å². The third-order valence-electron chi connectivity index (χ3n) is 7.27. The number of rotatable bonds is 6. The van der Waals surface area contributed by atoms with Gasteiger partial charge in [0.25, 0.3) is 11.8 Å². The smallest absolute Gasteiger partial charge is 0.347 e. The summed E-state index contributed by atoms with van der Waals surface area (Å²) >= 11 is 0. The molecule has 4 rings (SSSR count). The second-order valence-corrected chi connectivity index (χ2v) is 10.2. The molecule has 1 unspecified atom stereocenters. The van der Waals surface area contributed by atoms with E-state index in [1.54, 1.807) is 4.90 Å². The van der Waals surface area contributed by atoms with Crippen molar-refractivity contribution in [1.29, 1.82) is 0 Å². The van der Waals surface area contributed by atoms with E-state index in [4.69, 9.17) is 0 Å². The quantitative estimate of drug-likeness (QED) is 0.502. The van der Waals surface area contributed by atoms with E-state index in [0.717, 1.165) is 18.9 Å². The van der Waals surface area contributed by atoms with Gasteiger partial charge in [0, 0.05) is 28.8 Å². The standard InChI is InChI=1S/C27H28F5N3O3/c1-14-4-5-15(2)35(14)24(37)17-6-7-21(22(29)12-17)16(3)33-25(38)26(8-9-26)34-23(36)18-10-19(27(30,31)32)13-20(28)11-18/h6-7,10-16H,4-5,8-9H2,1-3H3,(H,33,38)(H,34,36)/t14-,15-,16?/m0/s1. The number of likely N-dealkylation sites (tertiary alicyclic amines) is 1. The maximum absolute atomic E-state index is 15.0. The molecule has 38 heavy (non-hydrogen) atoms. The van der Waals surface area contributed by atoms with Gasteiger partial charge in [-0.3, -0.25) is 14.4 Å². The fourth-order valence-electron chi connectivity index (χ4n) is 4.88. The highest BCUT2D eigenvalue weighted by Gasteiger charge is 2.51. The average Bonchev–Trinajstić information content (AvgIpc) is 3.54. The summed E-state index contributed by atoms with van der Waals surface area (Å²) in [4.78, 5) is 40.2. The topological polar surface area (TPSA) is 78.5 Å². The molecule has 204 valence electrons. The molecule has 0 spiro atoms. The number of amides is 3. The van der Waals surface area contributed by atoms with E-state index in [2.05, 4.69) is 10.6 Å². The van der Waals surface area contributed by atoms with E-state index >= 15 is 0 Å². The largest absolute Gasteiger partial charge is 0.416 e. The van der Waals surface area contributed by atoms with Crippen LogP contribution in [0.4, 0.5) is 22.0 Å². The van der Waals surface area contributed by atoms with Crippen molar-refractivity contribution in [3.05, 3.63) is 70.3 Å². The highest BCUT2D eigenvalue weighted by Crippen LogP contribution is 2.37. The zero-order chi connectivity index (χ0) is 28.0. The normalized spacial score (nSPS) is 21.1. The van der Waals surface area contributed by atoms with E-state index in [1.165, 1.54) is 19.1 Å². The second-order valence-electron chi connectivity index (χ2n) is 10.2. The molecule has 1 heterocycles. The van der Waals surface area contributed by atoms with Crippen LogP contribution in [0.1, 0.15) is 84.3 Å². The fraction of sp³-hybridized carbons (Fsp3) is 0.444. The van der Waals surface area contributed by atoms with Gasteiger partial charge in [-0.1, -0.05) is 6.07 Å². The van der Waals surface area contributed by atoms with Gasteiger partial charge in [0.2, 0.25) is 5.91 Å². The summed E-state index contributed by atoms with van der Waals surface area (Å²) in [5.41, 5.74) is -2.97. The van der Waals surface area contributed by atoms with Crippen molar-refractivity contribution in [3.63, 3.8) is 0 Å². The van der Waals surface area contributed by atoms with Gasteiger partial charge in [0.15, 0.2) is 0 Å². The minimum Gasteiger partial charge on any atom is -0.347 e. The van der Waals surface area contributed by atoms with E-state index in [0.29, 0.717) is 12.1 Å². The molecule has 3 amide bonds. The van der Waals surface area contributed by atoms with Crippen molar-refractivity contribution < 1.29 is 36.3 Å². The number of hydrogen-bond donors (Lipinski definition) is 2. The third kappa shape index (κ3) is 5.51. The van der Waals surface area contributed by atoms with E-state index < -0.39 is 52.3 Å². The summed E-state index contributed by atoms with van der Waals surface area (Å²) in [6.07, 6.45) is -2.69. The summed E-state index contributed by atoms with van der Waals surface area (Å²) in [6.45, 7) is 5.42. The van der Waals surface area contributed by atoms with Crippen molar-refractivity contribution in [2.24, 2.45) is 0 Å². The van der Waals surface area contributed by atoms with Crippen LogP contribution in [0.5, 0.6) is 0 Å². The van der Waals surface area contributed by atoms with Crippen LogP contribution in [-0.2, 0) is 11.0 Å². The first-order valence-corrected chi connectivity index (χ1v) is 12.4. The van der Waals surface area contributed by atoms with Crippen LogP contribution < -0.4 is 10.6 Å². The molecule has 2 aliphatic rings. The van der Waals surface area contributed by atoms with Crippen molar-refractivity contribution in [2.45, 2.75) is 76.3 Å². The molecule has 1 saturated carbocycles. The molecule has 3 atom stereocenters. The number of nitrogens with one attached hydrogen (secondary N) is 2. The molecule has 2 aromatic carbocycles. The zero-order valence-electron chi connectivity index (χ0n) is 21.1. The van der Waals surface area contributed by atoms with E-state index in [1.807, 2.05) is 13.8 Å². The van der Waals surface area contributed by atoms with Gasteiger partial charge in [-0.25, -0.2) is 8.78 Å². The number of alkyl halides is 3. The van der Waals surface area contributed by atoms with Gasteiger partial charge in [-0.05, 0) is 76.8 Å². The molecule has 6 nitrogen and oxygen atoms in total. The van der Waals surface area contributed by atoms with Gasteiger partial charge in [0.1, 0.15) is 17.2 Å². The fourth-order valence-corrected chi connectivity index (χ4v) is 4.88. The molecule has 2 N–H and O–H groups in total. The lowest BCUT2D eigenvalue weighted by Gasteiger charge is -2.27. The SMILES string of the molecule is CC(NC(=O)C1(NC(=O)c2cc(F)cc(C(F)(F)F)c2)CC1)c1ccc(C(=O)N2[C@@H](C)CC[C@@H]2C)cc1F. The van der Waals surface area contributed by atoms with Crippen molar-refractivity contribution in [2.75, 3.05) is 0 Å². The van der Waals surface area contributed by atoms with Crippen LogP contribution in [0.2, 0.25) is 0 Å². The number of halogens is 5. The molecule has 2 aromatic rings. The Morgan fingerprint density at radius 1 is 0.974 bits per heavy atom. The van der Waals surface area contributed by atoms with Crippen LogP contribution in [0.15, 0.2) is 36.4 Å². The number of carbonyl (C=O) groups is 3. The molecular weight excluding hydrogens is 509 g/mol. The Morgan fingerprint density at radius 2 is 1.61 bits per heavy atom. The maximum Gasteiger partial charge on any atom is 0.416 e. The molecule has 1 aliphatic heterocycles. The van der Waals surface area contributed by atoms with E-state index in [9.17, 15) is 36.3 Å². The molecule has 0 radical (unpaired) electrons. The first kappa shape index (κ1) is 27.5. The Hall–Kier alpha value is -3.50. The number of hydrogen-bond acceptors (Lipinski definition) is 3. The van der Waals surface area contributed by atoms with Crippen molar-refractivity contribution in [1.82, 2.24) is 15.5 Å². The Labute approximate surface area is 216 Å². The molecule has 0 bridgehead atoms. The molecule has 1 aliphatic carbocycles. The molecule has 2 fully saturated rings. The van der Waals surface area contributed by atoms with Crippen molar-refractivity contribution in [3.8, 4) is 0 Å². The second kappa shape index (κ2) is 9.99. The van der Waals surface area contributed by atoms with Crippen LogP contribution in [0.3, 0.4) is 0 Å². The van der Waals surface area contributed by atoms with Crippen molar-refractivity contribution >= 4 is 17.7 Å². The Balaban J connectivity index is 1.44. The summed E-state index contributed by atoms with van der Waals surface area (Å²) in [6, 6.07) is 4.76. The highest BCUT2D eigenvalue weighted by molar-refractivity contribution is 6.01. The first-order valence-electron chi connectivity index (χ1n) is 12.4. The highest BCUT2D eigenvalue weighted by atomic mass is 19.4. The average molecular weight is 538 g/mol. The molecule has 0 aromatic heterocycles. The summed E-state index contributed by atoms with van der Waals surface area (Å²) in [5, 5.41) is 5.01. The predicted molar refractivity (Wildman–Crippen MR) is 128 cm³/mol. The van der Waals surface area contributed by atoms with Crippen LogP contribution >= 0.6 is 0 Å². The maximum atomic E-state index is 15.0. The van der Waals surface area contributed by atoms with Gasteiger partial charge in [-0.15, -0.1) is 0 Å². The molecular formula is C27H28F5N3O3. The van der Waals surface area contributed by atoms with E-state index in [-0.39, 0.29) is 48.0 Å². The lowest BCUT2D eigenvalue weighted by molar-refractivity contribution is -0.137. The Morgan fingerprint density at radius 3 is 2.16 bits per heavy atom. The summed E-state index contributed by atoms with van der Waals surface area (Å²) in [5.74, 6) is -3.87. The third-order valence-corrected chi connectivity index (χ3v) is 7.27. The molecule has 1 saturated heterocycles. The lowest BCUT2D eigenvalue weighted by Crippen LogP contribution is -2.49. The molecule has 11 heteroatoms. The minimum atomic E-state index is -4.85. The van der Waals surface area contributed by atoms with Crippen LogP contribution in [0, 0.1) is 11.6 Å². The minimum absolute atomic E-state index is 0.0517. The van der Waals surface area contributed by atoms with Crippen LogP contribution in [0.25, 0.3) is 0 Å². The predicted octanol–water partition coefficient (Wildman–Crippen LogP) is 5.14. The number of carbonyl (C=O) groups excluding carboxylic acids is 3. The number of benzene rings is 2. The monoisotopic (exact) mass is 537 g/mol. The van der Waals surface area contributed by atoms with Gasteiger partial charge >= 0.3 is 6.18 Å². The number of nitrogens with zero attached hydrogens (tertiary/aromatic N) is 1. The van der Waals surface area contributed by atoms with Gasteiger partial charge in [-0.2, -0.15) is 13.2 Å². The first-order chi connectivity index (χ1) is 17.7. The Bertz CT molecular complexity index is 1270.